The number of amidine groups is 1. The van der Waals surface area contributed by atoms with Crippen molar-refractivity contribution in [3.63, 3.8) is 0 Å². The summed E-state index contributed by atoms with van der Waals surface area (Å²) in [5.41, 5.74) is -1.93. The molecule has 2 amide bonds. The van der Waals surface area contributed by atoms with Gasteiger partial charge in [0, 0.05) is 11.1 Å². The van der Waals surface area contributed by atoms with E-state index in [1.165, 1.54) is 19.2 Å². The third-order valence-electron chi connectivity index (χ3n) is 6.33. The van der Waals surface area contributed by atoms with E-state index in [9.17, 15) is 22.8 Å². The minimum Gasteiger partial charge on any atom is -0.497 e. The molecule has 198 valence electrons. The number of nitrogens with one attached hydrogen (secondary N) is 1. The number of halogens is 3. The van der Waals surface area contributed by atoms with Crippen LogP contribution in [0.1, 0.15) is 47.8 Å². The van der Waals surface area contributed by atoms with Crippen LogP contribution in [0.3, 0.4) is 0 Å². The predicted molar refractivity (Wildman–Crippen MR) is 138 cm³/mol. The van der Waals surface area contributed by atoms with Crippen molar-refractivity contribution >= 4 is 17.6 Å². The summed E-state index contributed by atoms with van der Waals surface area (Å²) in [7, 11) is 1.50. The van der Waals surface area contributed by atoms with Gasteiger partial charge in [-0.05, 0) is 40.8 Å². The molecule has 1 N–H and O–H groups in total. The molecule has 0 saturated heterocycles. The number of alkyl halides is 3. The van der Waals surface area contributed by atoms with E-state index in [4.69, 9.17) is 4.74 Å². The van der Waals surface area contributed by atoms with Gasteiger partial charge in [0.1, 0.15) is 11.6 Å². The number of nitrogens with zero attached hydrogens (tertiary/aromatic N) is 2. The monoisotopic (exact) mass is 523 g/mol. The van der Waals surface area contributed by atoms with Crippen molar-refractivity contribution in [3.8, 4) is 5.75 Å². The quantitative estimate of drug-likeness (QED) is 0.466. The molecule has 0 radical (unpaired) electrons. The van der Waals surface area contributed by atoms with Crippen molar-refractivity contribution in [2.24, 2.45) is 4.99 Å². The fourth-order valence-corrected chi connectivity index (χ4v) is 4.12. The summed E-state index contributed by atoms with van der Waals surface area (Å²) in [6, 6.07) is 20.9. The Morgan fingerprint density at radius 2 is 1.55 bits per heavy atom. The highest BCUT2D eigenvalue weighted by Crippen LogP contribution is 2.39. The SMILES string of the molecule is COc1ccc(CN2C(=O)[C@@](NC(=O)c3ccc(C(C)(C)C)cc3)(C(F)(F)F)N=C2c2ccccc2)cc1. The van der Waals surface area contributed by atoms with Gasteiger partial charge in [0.05, 0.1) is 13.7 Å². The second-order valence-electron chi connectivity index (χ2n) is 10.0. The van der Waals surface area contributed by atoms with E-state index in [1.807, 2.05) is 26.1 Å². The third kappa shape index (κ3) is 5.14. The maximum absolute atomic E-state index is 14.7. The summed E-state index contributed by atoms with van der Waals surface area (Å²) in [4.78, 5) is 31.5. The third-order valence-corrected chi connectivity index (χ3v) is 6.33. The first kappa shape index (κ1) is 26.9. The Morgan fingerprint density at radius 1 is 0.947 bits per heavy atom. The van der Waals surface area contributed by atoms with Crippen LogP contribution in [0.4, 0.5) is 13.2 Å². The Kier molecular flexibility index (Phi) is 7.06. The second kappa shape index (κ2) is 9.96. The van der Waals surface area contributed by atoms with Crippen LogP contribution in [0.5, 0.6) is 5.75 Å². The van der Waals surface area contributed by atoms with Crippen LogP contribution in [-0.2, 0) is 16.8 Å². The van der Waals surface area contributed by atoms with Crippen molar-refractivity contribution in [3.05, 3.63) is 101 Å². The van der Waals surface area contributed by atoms with Gasteiger partial charge in [-0.2, -0.15) is 13.2 Å². The average molecular weight is 524 g/mol. The molecule has 0 aliphatic carbocycles. The molecule has 3 aromatic rings. The van der Waals surface area contributed by atoms with Gasteiger partial charge in [0.15, 0.2) is 0 Å². The molecule has 1 aliphatic heterocycles. The number of rotatable bonds is 6. The normalized spacial score (nSPS) is 17.8. The lowest BCUT2D eigenvalue weighted by Crippen LogP contribution is -2.63. The number of amides is 2. The molecule has 0 bridgehead atoms. The molecule has 0 unspecified atom stereocenters. The van der Waals surface area contributed by atoms with Gasteiger partial charge in [-0.25, -0.2) is 4.99 Å². The number of benzene rings is 3. The Morgan fingerprint density at radius 3 is 2.08 bits per heavy atom. The highest BCUT2D eigenvalue weighted by Gasteiger charge is 2.67. The van der Waals surface area contributed by atoms with Gasteiger partial charge in [-0.3, -0.25) is 14.5 Å². The molecule has 1 aliphatic rings. The largest absolute Gasteiger partial charge is 0.497 e. The molecule has 6 nitrogen and oxygen atoms in total. The van der Waals surface area contributed by atoms with Crippen LogP contribution in [-0.4, -0.2) is 41.5 Å². The topological polar surface area (TPSA) is 71.0 Å². The summed E-state index contributed by atoms with van der Waals surface area (Å²) in [6.07, 6.45) is -5.21. The van der Waals surface area contributed by atoms with Crippen molar-refractivity contribution in [1.82, 2.24) is 10.2 Å². The molecule has 0 spiro atoms. The van der Waals surface area contributed by atoms with Crippen molar-refractivity contribution in [2.45, 2.75) is 44.6 Å². The molecular weight excluding hydrogens is 495 g/mol. The molecular formula is C29H28F3N3O3. The standard InChI is InChI=1S/C29H28F3N3O3/c1-27(2,3)22-14-12-21(13-15-22)25(36)34-28(29(30,31)32)26(37)35(18-19-10-16-23(38-4)17-11-19)24(33-28)20-8-6-5-7-9-20/h5-17H,18H2,1-4H3,(H,34,36)/t28-/m1/s1. The zero-order chi connectivity index (χ0) is 27.7. The lowest BCUT2D eigenvalue weighted by Gasteiger charge is -2.29. The van der Waals surface area contributed by atoms with E-state index in [0.717, 1.165) is 10.5 Å². The Bertz CT molecular complexity index is 1350. The molecule has 0 aromatic heterocycles. The molecule has 0 fully saturated rings. The highest BCUT2D eigenvalue weighted by atomic mass is 19.4. The first-order valence-electron chi connectivity index (χ1n) is 12.0. The number of methoxy groups -OCH3 is 1. The van der Waals surface area contributed by atoms with Crippen LogP contribution in [0.25, 0.3) is 0 Å². The minimum atomic E-state index is -5.21. The lowest BCUT2D eigenvalue weighted by molar-refractivity contribution is -0.196. The van der Waals surface area contributed by atoms with E-state index in [2.05, 4.69) is 4.99 Å². The summed E-state index contributed by atoms with van der Waals surface area (Å²) in [5.74, 6) is -2.07. The minimum absolute atomic E-state index is 0.0144. The Hall–Kier alpha value is -4.14. The summed E-state index contributed by atoms with van der Waals surface area (Å²) >= 11 is 0. The molecule has 1 atom stereocenters. The van der Waals surface area contributed by atoms with Crippen LogP contribution >= 0.6 is 0 Å². The van der Waals surface area contributed by atoms with Crippen molar-refractivity contribution < 1.29 is 27.5 Å². The number of carbonyl (C=O) groups excluding carboxylic acids is 2. The number of aliphatic imine (C=N–C) groups is 1. The summed E-state index contributed by atoms with van der Waals surface area (Å²) < 4.78 is 49.2. The van der Waals surface area contributed by atoms with Gasteiger partial charge in [-0.15, -0.1) is 0 Å². The number of carbonyl (C=O) groups is 2. The maximum atomic E-state index is 14.7. The molecule has 3 aromatic carbocycles. The Labute approximate surface area is 219 Å². The molecule has 9 heteroatoms. The van der Waals surface area contributed by atoms with E-state index in [-0.39, 0.29) is 23.4 Å². The van der Waals surface area contributed by atoms with E-state index < -0.39 is 23.7 Å². The fraction of sp³-hybridized carbons (Fsp3) is 0.276. The summed E-state index contributed by atoms with van der Waals surface area (Å²) in [5, 5.41) is 1.93. The first-order chi connectivity index (χ1) is 17.9. The first-order valence-corrected chi connectivity index (χ1v) is 12.0. The van der Waals surface area contributed by atoms with Crippen LogP contribution < -0.4 is 10.1 Å². The van der Waals surface area contributed by atoms with E-state index >= 15 is 0 Å². The number of hydrogen-bond acceptors (Lipinski definition) is 4. The van der Waals surface area contributed by atoms with Crippen LogP contribution in [0.15, 0.2) is 83.9 Å². The van der Waals surface area contributed by atoms with E-state index in [1.54, 1.807) is 66.7 Å². The summed E-state index contributed by atoms with van der Waals surface area (Å²) in [6.45, 7) is 5.75. The van der Waals surface area contributed by atoms with Gasteiger partial charge in [0.2, 0.25) is 0 Å². The zero-order valence-electron chi connectivity index (χ0n) is 21.5. The van der Waals surface area contributed by atoms with Gasteiger partial charge >= 0.3 is 11.8 Å². The van der Waals surface area contributed by atoms with Crippen molar-refractivity contribution in [1.29, 1.82) is 0 Å². The fourth-order valence-electron chi connectivity index (χ4n) is 4.12. The smallest absolute Gasteiger partial charge is 0.442 e. The molecule has 0 saturated carbocycles. The molecule has 4 rings (SSSR count). The van der Waals surface area contributed by atoms with Crippen LogP contribution in [0, 0.1) is 0 Å². The number of hydrogen-bond donors (Lipinski definition) is 1. The lowest BCUT2D eigenvalue weighted by atomic mass is 9.86. The van der Waals surface area contributed by atoms with Gasteiger partial charge in [0.25, 0.3) is 11.8 Å². The molecule has 38 heavy (non-hydrogen) atoms. The highest BCUT2D eigenvalue weighted by molar-refractivity contribution is 6.16. The van der Waals surface area contributed by atoms with Crippen molar-refractivity contribution in [2.75, 3.05) is 7.11 Å². The Balaban J connectivity index is 1.75. The maximum Gasteiger partial charge on any atom is 0.442 e. The van der Waals surface area contributed by atoms with Gasteiger partial charge < -0.3 is 10.1 Å². The zero-order valence-corrected chi connectivity index (χ0v) is 21.5. The predicted octanol–water partition coefficient (Wildman–Crippen LogP) is 5.47. The second-order valence-corrected chi connectivity index (χ2v) is 10.0. The van der Waals surface area contributed by atoms with Crippen LogP contribution in [0.2, 0.25) is 0 Å². The average Bonchev–Trinajstić information content (AvgIpc) is 3.16. The number of ether oxygens (including phenoxy) is 1. The van der Waals surface area contributed by atoms with Gasteiger partial charge in [-0.1, -0.05) is 75.4 Å². The van der Waals surface area contributed by atoms with E-state index in [0.29, 0.717) is 16.9 Å². The molecule has 1 heterocycles.